The highest BCUT2D eigenvalue weighted by Gasteiger charge is 2.40. The van der Waals surface area contributed by atoms with Crippen LogP contribution in [0.15, 0.2) is 356 Å². The number of aromatic nitrogens is 4. The van der Waals surface area contributed by atoms with Gasteiger partial charge in [0.25, 0.3) is 0 Å². The molecule has 5 heterocycles. The maximum absolute atomic E-state index is 12.6. The Hall–Kier alpha value is -13.8. The first-order chi connectivity index (χ1) is 63.5. The molecule has 0 aliphatic carbocycles. The van der Waals surface area contributed by atoms with Gasteiger partial charge in [-0.25, -0.2) is 19.9 Å². The van der Waals surface area contributed by atoms with Crippen LogP contribution in [0.3, 0.4) is 0 Å². The van der Waals surface area contributed by atoms with Crippen molar-refractivity contribution in [3.63, 3.8) is 0 Å². The molecule has 131 heavy (non-hydrogen) atoms. The molecule has 0 amide bonds. The molecule has 5 aromatic heterocycles. The average molecular weight is 1740 g/mol. The second-order valence-electron chi connectivity index (χ2n) is 34.2. The molecule has 4 unspecified atom stereocenters. The third kappa shape index (κ3) is 20.1. The highest BCUT2D eigenvalue weighted by atomic mass is 16.5. The van der Waals surface area contributed by atoms with Crippen molar-refractivity contribution in [3.05, 3.63) is 397 Å². The largest absolute Gasteiger partial charge is 0.481 e. The minimum absolute atomic E-state index is 0.485. The Labute approximate surface area is 767 Å². The molecule has 0 aliphatic heterocycles. The van der Waals surface area contributed by atoms with Gasteiger partial charge in [-0.15, -0.1) is 0 Å². The van der Waals surface area contributed by atoms with Crippen LogP contribution in [-0.4, -0.2) is 171 Å². The molecule has 17 heteroatoms. The smallest absolute Gasteiger partial charge is 0.221 e. The fraction of sp³-hybridized carbons (Fsp3) is 0.211. The molecule has 0 saturated heterocycles. The van der Waals surface area contributed by atoms with Gasteiger partial charge in [-0.2, -0.15) is 0 Å². The lowest BCUT2D eigenvalue weighted by atomic mass is 9.79. The standard InChI is InChI=1S/2C31H30N2O2.C27H28N2O2.C25H26N2O3/c1-33(2)20-19-31(34,27-16-9-14-22-13-7-8-15-24(22)27)28-17-10-18-29-26(28)21-25(30(32-29)35-3)23-11-5-4-6-12-23;1-33(2)19-18-31(34,25-17-16-22-10-7-8-13-24(22)20-25)28-14-9-15-29-27(28)21-26(30(32-29)35-3)23-11-5-4-6-12-23;1-29(2)18-17-27(30,21-13-8-5-9-14-21)24-15-10-16-25-23(24)19-22(26(28-25)31-3)20-11-6-4-7-12-20;1-27(2)15-14-25(28,23-13-8-16-30-23)21-11-7-12-22-20(21)17-19(24(26-22)29-3)18-9-5-4-6-10-18/h4-18,21,34H,19-20H2,1-3H3;4-17,20-21,34H,18-19H2,1-3H3;4-16,19,30H,17-18H2,1-3H3;4-13,16-17,28H,14-15H2,1-3H3. The number of hydrogen-bond donors (Lipinski definition) is 4. The molecular formula is C114H114N8O9. The number of nitrogens with zero attached hydrogens (tertiary/aromatic N) is 8. The number of hydrogen-bond acceptors (Lipinski definition) is 17. The monoisotopic (exact) mass is 1740 g/mol. The maximum atomic E-state index is 12.6. The minimum atomic E-state index is -1.28. The van der Waals surface area contributed by atoms with Crippen LogP contribution in [0.25, 0.3) is 110 Å². The van der Waals surface area contributed by atoms with E-state index in [1.165, 1.54) is 0 Å². The first-order valence-electron chi connectivity index (χ1n) is 44.3. The molecule has 17 nitrogen and oxygen atoms in total. The number of rotatable bonds is 28. The first-order valence-corrected chi connectivity index (χ1v) is 44.3. The number of furan rings is 1. The molecular weight excluding hydrogens is 1630 g/mol. The van der Waals surface area contributed by atoms with E-state index in [2.05, 4.69) is 111 Å². The van der Waals surface area contributed by atoms with Crippen LogP contribution in [0.1, 0.15) is 70.4 Å². The van der Waals surface area contributed by atoms with Crippen LogP contribution in [0.5, 0.6) is 23.5 Å². The zero-order valence-corrected chi connectivity index (χ0v) is 76.6. The van der Waals surface area contributed by atoms with E-state index in [1.54, 1.807) is 40.8 Å². The SMILES string of the molecule is COc1nc2cccc(C(O)(CCN(C)C)c3ccc4ccccc4c3)c2cc1-c1ccccc1.COc1nc2cccc(C(O)(CCN(C)C)c3cccc4ccccc34)c2cc1-c1ccccc1.COc1nc2cccc(C(O)(CCN(C)C)c3ccccc3)c2cc1-c1ccccc1.COc1nc2cccc(C(O)(CCN(C)C)c3ccco3)c2cc1-c1ccccc1. The molecule has 0 bridgehead atoms. The number of ether oxygens (including phenoxy) is 4. The lowest BCUT2D eigenvalue weighted by Crippen LogP contribution is -2.32. The molecule has 4 atom stereocenters. The summed E-state index contributed by atoms with van der Waals surface area (Å²) < 4.78 is 28.2. The van der Waals surface area contributed by atoms with Gasteiger partial charge in [0.2, 0.25) is 23.5 Å². The summed E-state index contributed by atoms with van der Waals surface area (Å²) >= 11 is 0. The van der Waals surface area contributed by atoms with E-state index in [9.17, 15) is 20.4 Å². The quantitative estimate of drug-likeness (QED) is 0.0361. The summed E-state index contributed by atoms with van der Waals surface area (Å²) in [5, 5.41) is 57.1. The molecule has 18 rings (SSSR count). The molecule has 0 saturated carbocycles. The van der Waals surface area contributed by atoms with E-state index in [1.807, 2.05) is 305 Å². The van der Waals surface area contributed by atoms with Gasteiger partial charge in [0.15, 0.2) is 0 Å². The molecule has 0 spiro atoms. The Balaban J connectivity index is 0.000000134. The average Bonchev–Trinajstić information content (AvgIpc) is 0.922. The predicted octanol–water partition coefficient (Wildman–Crippen LogP) is 22.3. The van der Waals surface area contributed by atoms with Crippen molar-refractivity contribution in [2.24, 2.45) is 0 Å². The van der Waals surface area contributed by atoms with Crippen LogP contribution < -0.4 is 18.9 Å². The molecule has 0 aliphatic rings. The number of benzene rings is 13. The molecule has 4 N–H and O–H groups in total. The van der Waals surface area contributed by atoms with E-state index in [4.69, 9.17) is 43.3 Å². The van der Waals surface area contributed by atoms with E-state index in [-0.39, 0.29) is 0 Å². The van der Waals surface area contributed by atoms with Gasteiger partial charge in [-0.3, -0.25) is 0 Å². The van der Waals surface area contributed by atoms with Gasteiger partial charge in [-0.05, 0) is 220 Å². The Morgan fingerprint density at radius 3 is 0.901 bits per heavy atom. The Kier molecular flexibility index (Phi) is 29.0. The van der Waals surface area contributed by atoms with Crippen molar-refractivity contribution >= 4 is 65.2 Å². The summed E-state index contributed by atoms with van der Waals surface area (Å²) in [5.74, 6) is 2.80. The van der Waals surface area contributed by atoms with Gasteiger partial charge < -0.3 is 63.4 Å². The summed E-state index contributed by atoms with van der Waals surface area (Å²) in [6.45, 7) is 2.90. The van der Waals surface area contributed by atoms with E-state index >= 15 is 0 Å². The highest BCUT2D eigenvalue weighted by molar-refractivity contribution is 5.96. The van der Waals surface area contributed by atoms with Crippen molar-refractivity contribution in [1.29, 1.82) is 0 Å². The van der Waals surface area contributed by atoms with Crippen molar-refractivity contribution in [2.75, 3.05) is 111 Å². The van der Waals surface area contributed by atoms with Crippen molar-refractivity contribution in [1.82, 2.24) is 39.5 Å². The van der Waals surface area contributed by atoms with Crippen LogP contribution in [0.2, 0.25) is 0 Å². The van der Waals surface area contributed by atoms with Gasteiger partial charge in [0, 0.05) is 82.0 Å². The predicted molar refractivity (Wildman–Crippen MR) is 533 cm³/mol. The second-order valence-corrected chi connectivity index (χ2v) is 34.2. The number of methoxy groups -OCH3 is 4. The minimum Gasteiger partial charge on any atom is -0.481 e. The Bertz CT molecular complexity index is 6880. The van der Waals surface area contributed by atoms with Gasteiger partial charge in [0.1, 0.15) is 28.2 Å². The summed E-state index contributed by atoms with van der Waals surface area (Å²) in [6, 6.07) is 115. The van der Waals surface area contributed by atoms with E-state index < -0.39 is 22.4 Å². The topological polar surface area (TPSA) is 196 Å². The zero-order chi connectivity index (χ0) is 91.8. The Morgan fingerprint density at radius 2 is 0.542 bits per heavy atom. The fourth-order valence-corrected chi connectivity index (χ4v) is 17.6. The summed E-state index contributed by atoms with van der Waals surface area (Å²) in [4.78, 5) is 27.6. The molecule has 13 aromatic carbocycles. The second kappa shape index (κ2) is 41.3. The maximum Gasteiger partial charge on any atom is 0.221 e. The molecule has 0 fully saturated rings. The van der Waals surface area contributed by atoms with Gasteiger partial charge in [-0.1, -0.05) is 279 Å². The number of pyridine rings is 4. The number of fused-ring (bicyclic) bond motifs is 6. The van der Waals surface area contributed by atoms with Gasteiger partial charge >= 0.3 is 0 Å². The highest BCUT2D eigenvalue weighted by Crippen LogP contribution is 2.48. The van der Waals surface area contributed by atoms with E-state index in [0.29, 0.717) is 61.5 Å². The van der Waals surface area contributed by atoms with Crippen LogP contribution in [0, 0.1) is 0 Å². The van der Waals surface area contributed by atoms with Crippen molar-refractivity contribution in [3.8, 4) is 68.0 Å². The summed E-state index contributed by atoms with van der Waals surface area (Å²) in [5.41, 5.74) is 12.0. The van der Waals surface area contributed by atoms with Crippen LogP contribution >= 0.6 is 0 Å². The lowest BCUT2D eigenvalue weighted by molar-refractivity contribution is 0.0422. The number of aliphatic hydroxyl groups is 4. The van der Waals surface area contributed by atoms with Gasteiger partial charge in [0.05, 0.1) is 56.8 Å². The molecule has 18 aromatic rings. The lowest BCUT2D eigenvalue weighted by Gasteiger charge is -2.33. The van der Waals surface area contributed by atoms with Crippen LogP contribution in [-0.2, 0) is 22.4 Å². The Morgan fingerprint density at radius 1 is 0.252 bits per heavy atom. The third-order valence-electron chi connectivity index (χ3n) is 24.5. The van der Waals surface area contributed by atoms with Crippen LogP contribution in [0.4, 0.5) is 0 Å². The molecule has 664 valence electrons. The fourth-order valence-electron chi connectivity index (χ4n) is 17.6. The molecule has 0 radical (unpaired) electrons. The summed E-state index contributed by atoms with van der Waals surface area (Å²) in [7, 11) is 22.7. The zero-order valence-electron chi connectivity index (χ0n) is 76.6. The van der Waals surface area contributed by atoms with E-state index in [0.717, 1.165) is 168 Å². The van der Waals surface area contributed by atoms with Crippen molar-refractivity contribution in [2.45, 2.75) is 48.1 Å². The van der Waals surface area contributed by atoms with Crippen molar-refractivity contribution < 1.29 is 43.8 Å². The normalized spacial score (nSPS) is 13.3. The third-order valence-corrected chi connectivity index (χ3v) is 24.5. The first kappa shape index (κ1) is 91.9. The summed E-state index contributed by atoms with van der Waals surface area (Å²) in [6.07, 6.45) is 3.73.